The van der Waals surface area contributed by atoms with Crippen molar-refractivity contribution in [3.05, 3.63) is 65.6 Å². The number of nitrogens with zero attached hydrogens (tertiary/aromatic N) is 3. The third kappa shape index (κ3) is 3.42. The van der Waals surface area contributed by atoms with E-state index in [1.165, 1.54) is 12.3 Å². The van der Waals surface area contributed by atoms with Gasteiger partial charge in [0.15, 0.2) is 5.82 Å². The zero-order valence-electron chi connectivity index (χ0n) is 12.8. The van der Waals surface area contributed by atoms with Crippen molar-refractivity contribution < 1.29 is 4.39 Å². The average molecular weight is 309 g/mol. The quantitative estimate of drug-likeness (QED) is 0.759. The average Bonchev–Trinajstić information content (AvgIpc) is 2.54. The summed E-state index contributed by atoms with van der Waals surface area (Å²) in [4.78, 5) is 4.32. The van der Waals surface area contributed by atoms with Crippen molar-refractivity contribution in [2.45, 2.75) is 13.8 Å². The molecule has 116 valence electrons. The van der Waals surface area contributed by atoms with Crippen molar-refractivity contribution in [2.24, 2.45) is 0 Å². The molecule has 0 saturated carbocycles. The smallest absolute Gasteiger partial charge is 0.249 e. The van der Waals surface area contributed by atoms with Crippen molar-refractivity contribution in [1.29, 1.82) is 0 Å². The van der Waals surface area contributed by atoms with Gasteiger partial charge in [-0.2, -0.15) is 10.1 Å². The Kier molecular flexibility index (Phi) is 4.14. The van der Waals surface area contributed by atoms with Crippen molar-refractivity contribution in [3.63, 3.8) is 0 Å². The molecule has 2 N–H and O–H groups in total. The molecule has 2 aromatic carbocycles. The molecule has 1 aromatic heterocycles. The molecule has 23 heavy (non-hydrogen) atoms. The van der Waals surface area contributed by atoms with Gasteiger partial charge in [0.1, 0.15) is 5.82 Å². The first kappa shape index (κ1) is 14.9. The van der Waals surface area contributed by atoms with Crippen molar-refractivity contribution >= 4 is 23.1 Å². The molecular weight excluding hydrogens is 293 g/mol. The Morgan fingerprint density at radius 1 is 0.913 bits per heavy atom. The highest BCUT2D eigenvalue weighted by atomic mass is 19.1. The van der Waals surface area contributed by atoms with Crippen LogP contribution in [0.3, 0.4) is 0 Å². The van der Waals surface area contributed by atoms with Gasteiger partial charge in [-0.05, 0) is 37.1 Å². The van der Waals surface area contributed by atoms with Gasteiger partial charge in [0.05, 0.1) is 11.9 Å². The van der Waals surface area contributed by atoms with Crippen molar-refractivity contribution in [3.8, 4) is 0 Å². The van der Waals surface area contributed by atoms with Gasteiger partial charge in [-0.15, -0.1) is 5.10 Å². The van der Waals surface area contributed by atoms with Crippen molar-refractivity contribution in [2.75, 3.05) is 10.6 Å². The maximum absolute atomic E-state index is 13.7. The van der Waals surface area contributed by atoms with Gasteiger partial charge < -0.3 is 10.6 Å². The minimum absolute atomic E-state index is 0.339. The normalized spacial score (nSPS) is 10.4. The first-order valence-electron chi connectivity index (χ1n) is 7.18. The van der Waals surface area contributed by atoms with Crippen LogP contribution in [0, 0.1) is 19.7 Å². The predicted octanol–water partition coefficient (Wildman–Crippen LogP) is 4.11. The maximum atomic E-state index is 13.7. The van der Waals surface area contributed by atoms with E-state index < -0.39 is 0 Å². The highest BCUT2D eigenvalue weighted by Gasteiger charge is 2.07. The molecule has 0 saturated heterocycles. The SMILES string of the molecule is Cc1cccc(C)c1Nc1nncc(Nc2ccccc2F)n1. The number of para-hydroxylation sites is 2. The number of hydrogen-bond donors (Lipinski definition) is 2. The van der Waals surface area contributed by atoms with Crippen LogP contribution in [0.15, 0.2) is 48.7 Å². The molecule has 3 rings (SSSR count). The summed E-state index contributed by atoms with van der Waals surface area (Å²) in [5, 5.41) is 13.9. The summed E-state index contributed by atoms with van der Waals surface area (Å²) in [6, 6.07) is 12.4. The van der Waals surface area contributed by atoms with Gasteiger partial charge >= 0.3 is 0 Å². The molecule has 0 unspecified atom stereocenters. The third-order valence-electron chi connectivity index (χ3n) is 3.41. The summed E-state index contributed by atoms with van der Waals surface area (Å²) in [6.45, 7) is 4.01. The van der Waals surface area contributed by atoms with Crippen LogP contribution < -0.4 is 10.6 Å². The van der Waals surface area contributed by atoms with E-state index in [9.17, 15) is 4.39 Å². The lowest BCUT2D eigenvalue weighted by Gasteiger charge is -2.12. The number of aromatic nitrogens is 3. The van der Waals surface area contributed by atoms with E-state index in [1.807, 2.05) is 32.0 Å². The molecule has 1 heterocycles. The topological polar surface area (TPSA) is 62.7 Å². The predicted molar refractivity (Wildman–Crippen MR) is 88.7 cm³/mol. The molecule has 0 aliphatic carbocycles. The second kappa shape index (κ2) is 6.39. The van der Waals surface area contributed by atoms with Crippen LogP contribution in [0.25, 0.3) is 0 Å². The molecule has 5 nitrogen and oxygen atoms in total. The van der Waals surface area contributed by atoms with Crippen molar-refractivity contribution in [1.82, 2.24) is 15.2 Å². The summed E-state index contributed by atoms with van der Waals surface area (Å²) in [5.41, 5.74) is 3.45. The lowest BCUT2D eigenvalue weighted by atomic mass is 10.1. The summed E-state index contributed by atoms with van der Waals surface area (Å²) in [7, 11) is 0. The fourth-order valence-corrected chi connectivity index (χ4v) is 2.24. The lowest BCUT2D eigenvalue weighted by molar-refractivity contribution is 0.632. The second-order valence-corrected chi connectivity index (χ2v) is 5.16. The van der Waals surface area contributed by atoms with E-state index in [1.54, 1.807) is 18.2 Å². The largest absolute Gasteiger partial charge is 0.336 e. The highest BCUT2D eigenvalue weighted by Crippen LogP contribution is 2.23. The minimum Gasteiger partial charge on any atom is -0.336 e. The molecular formula is C17H16FN5. The number of aryl methyl sites for hydroxylation is 2. The third-order valence-corrected chi connectivity index (χ3v) is 3.41. The Bertz CT molecular complexity index is 814. The summed E-state index contributed by atoms with van der Waals surface area (Å²) < 4.78 is 13.7. The first-order valence-corrected chi connectivity index (χ1v) is 7.18. The highest BCUT2D eigenvalue weighted by molar-refractivity contribution is 5.64. The van der Waals surface area contributed by atoms with E-state index in [-0.39, 0.29) is 5.82 Å². The minimum atomic E-state index is -0.352. The molecule has 0 bridgehead atoms. The van der Waals surface area contributed by atoms with Crippen LogP contribution in [-0.4, -0.2) is 15.2 Å². The number of anilines is 4. The number of nitrogens with one attached hydrogen (secondary N) is 2. The Labute approximate surface area is 133 Å². The molecule has 0 fully saturated rings. The van der Waals surface area contributed by atoms with E-state index in [4.69, 9.17) is 0 Å². The Morgan fingerprint density at radius 2 is 1.65 bits per heavy atom. The zero-order valence-corrected chi connectivity index (χ0v) is 12.8. The summed E-state index contributed by atoms with van der Waals surface area (Å²) in [6.07, 6.45) is 1.45. The van der Waals surface area contributed by atoms with Crippen LogP contribution in [-0.2, 0) is 0 Å². The molecule has 0 spiro atoms. The molecule has 6 heteroatoms. The standard InChI is InChI=1S/C17H16FN5/c1-11-6-5-7-12(2)16(11)22-17-21-15(10-19-23-17)20-14-9-4-3-8-13(14)18/h3-10H,1-2H3,(H2,20,21,22,23). The van der Waals surface area contributed by atoms with Gasteiger partial charge in [0.25, 0.3) is 0 Å². The molecule has 0 aliphatic heterocycles. The van der Waals surface area contributed by atoms with Gasteiger partial charge in [-0.3, -0.25) is 0 Å². The van der Waals surface area contributed by atoms with Crippen LogP contribution in [0.1, 0.15) is 11.1 Å². The van der Waals surface area contributed by atoms with E-state index in [0.717, 1.165) is 16.8 Å². The van der Waals surface area contributed by atoms with Gasteiger partial charge in [0, 0.05) is 5.69 Å². The van der Waals surface area contributed by atoms with Gasteiger partial charge in [-0.25, -0.2) is 4.39 Å². The summed E-state index contributed by atoms with van der Waals surface area (Å²) in [5.74, 6) is 0.415. The molecule has 0 amide bonds. The first-order chi connectivity index (χ1) is 11.1. The number of hydrogen-bond acceptors (Lipinski definition) is 5. The van der Waals surface area contributed by atoms with Crippen LogP contribution in [0.5, 0.6) is 0 Å². The lowest BCUT2D eigenvalue weighted by Crippen LogP contribution is -2.04. The Morgan fingerprint density at radius 3 is 2.39 bits per heavy atom. The van der Waals surface area contributed by atoms with E-state index in [0.29, 0.717) is 17.5 Å². The fraction of sp³-hybridized carbons (Fsp3) is 0.118. The van der Waals surface area contributed by atoms with E-state index in [2.05, 4.69) is 25.8 Å². The Hall–Kier alpha value is -3.02. The molecule has 0 atom stereocenters. The molecule has 0 radical (unpaired) electrons. The Balaban J connectivity index is 1.84. The second-order valence-electron chi connectivity index (χ2n) is 5.16. The number of rotatable bonds is 4. The number of benzene rings is 2. The van der Waals surface area contributed by atoms with Crippen LogP contribution in [0.4, 0.5) is 27.5 Å². The van der Waals surface area contributed by atoms with Crippen LogP contribution >= 0.6 is 0 Å². The molecule has 0 aliphatic rings. The van der Waals surface area contributed by atoms with E-state index >= 15 is 0 Å². The van der Waals surface area contributed by atoms with Gasteiger partial charge in [0.2, 0.25) is 5.95 Å². The summed E-state index contributed by atoms with van der Waals surface area (Å²) >= 11 is 0. The fourth-order valence-electron chi connectivity index (χ4n) is 2.24. The number of halogens is 1. The van der Waals surface area contributed by atoms with Gasteiger partial charge in [-0.1, -0.05) is 30.3 Å². The molecule has 3 aromatic rings. The zero-order chi connectivity index (χ0) is 16.2. The van der Waals surface area contributed by atoms with Crippen LogP contribution in [0.2, 0.25) is 0 Å². The maximum Gasteiger partial charge on any atom is 0.249 e. The monoisotopic (exact) mass is 309 g/mol.